The number of nitriles is 2. The van der Waals surface area contributed by atoms with Crippen molar-refractivity contribution in [1.29, 1.82) is 10.5 Å². The first-order valence-corrected chi connectivity index (χ1v) is 5.31. The van der Waals surface area contributed by atoms with E-state index in [1.807, 2.05) is 32.9 Å². The lowest BCUT2D eigenvalue weighted by atomic mass is 9.93. The van der Waals surface area contributed by atoms with E-state index in [4.69, 9.17) is 15.3 Å². The third-order valence-electron chi connectivity index (χ3n) is 2.84. The smallest absolute Gasteiger partial charge is 0.135 e. The number of hydrogen-bond donors (Lipinski definition) is 0. The van der Waals surface area contributed by atoms with Gasteiger partial charge in [-0.05, 0) is 32.6 Å². The maximum atomic E-state index is 8.70. The van der Waals surface area contributed by atoms with Gasteiger partial charge < -0.3 is 4.74 Å². The molecule has 0 heterocycles. The van der Waals surface area contributed by atoms with Crippen molar-refractivity contribution in [2.75, 3.05) is 7.11 Å². The van der Waals surface area contributed by atoms with Crippen LogP contribution in [-0.2, 0) is 4.74 Å². The first kappa shape index (κ1) is 13.9. The van der Waals surface area contributed by atoms with E-state index in [0.717, 1.165) is 19.3 Å². The average Bonchev–Trinajstić information content (AvgIpc) is 2.19. The van der Waals surface area contributed by atoms with E-state index in [9.17, 15) is 0 Å². The number of methoxy groups -OCH3 is 1. The lowest BCUT2D eigenvalue weighted by Gasteiger charge is -2.23. The van der Waals surface area contributed by atoms with Gasteiger partial charge in [0.25, 0.3) is 0 Å². The van der Waals surface area contributed by atoms with E-state index in [1.165, 1.54) is 0 Å². The Bertz CT molecular complexity index is 246. The van der Waals surface area contributed by atoms with Crippen molar-refractivity contribution in [2.45, 2.75) is 45.6 Å². The molecule has 0 amide bonds. The van der Waals surface area contributed by atoms with Gasteiger partial charge >= 0.3 is 0 Å². The molecule has 0 aromatic carbocycles. The Morgan fingerprint density at radius 3 is 2.47 bits per heavy atom. The summed E-state index contributed by atoms with van der Waals surface area (Å²) in [6.45, 7) is 6.05. The van der Waals surface area contributed by atoms with Crippen LogP contribution in [0.3, 0.4) is 0 Å². The van der Waals surface area contributed by atoms with Crippen molar-refractivity contribution in [1.82, 2.24) is 0 Å². The molecule has 0 rings (SSSR count). The van der Waals surface area contributed by atoms with E-state index < -0.39 is 5.92 Å². The Hall–Kier alpha value is -1.06. The first-order chi connectivity index (χ1) is 6.96. The molecule has 0 aliphatic rings. The van der Waals surface area contributed by atoms with Crippen LogP contribution in [0.5, 0.6) is 0 Å². The summed E-state index contributed by atoms with van der Waals surface area (Å²) in [5.41, 5.74) is -0.103. The number of hydrogen-bond acceptors (Lipinski definition) is 3. The number of nitrogens with zero attached hydrogens (tertiary/aromatic N) is 2. The Morgan fingerprint density at radius 1 is 1.47 bits per heavy atom. The van der Waals surface area contributed by atoms with E-state index in [0.29, 0.717) is 0 Å². The van der Waals surface area contributed by atoms with Crippen molar-refractivity contribution in [2.24, 2.45) is 11.8 Å². The van der Waals surface area contributed by atoms with Crippen LogP contribution in [0.1, 0.15) is 40.0 Å². The number of rotatable bonds is 6. The Labute approximate surface area is 92.7 Å². The van der Waals surface area contributed by atoms with Crippen LogP contribution < -0.4 is 0 Å². The molecule has 0 aliphatic carbocycles. The van der Waals surface area contributed by atoms with Crippen molar-refractivity contribution < 1.29 is 4.74 Å². The molecule has 3 heteroatoms. The van der Waals surface area contributed by atoms with Crippen LogP contribution in [-0.4, -0.2) is 12.7 Å². The van der Waals surface area contributed by atoms with Gasteiger partial charge in [-0.3, -0.25) is 0 Å². The zero-order valence-electron chi connectivity index (χ0n) is 10.1. The molecule has 15 heavy (non-hydrogen) atoms. The van der Waals surface area contributed by atoms with E-state index >= 15 is 0 Å². The molecule has 3 nitrogen and oxygen atoms in total. The molecule has 0 bridgehead atoms. The highest BCUT2D eigenvalue weighted by atomic mass is 16.5. The summed E-state index contributed by atoms with van der Waals surface area (Å²) in [5.74, 6) is -0.330. The summed E-state index contributed by atoms with van der Waals surface area (Å²) in [6, 6.07) is 4.04. The lowest BCUT2D eigenvalue weighted by molar-refractivity contribution is 0.0126. The van der Waals surface area contributed by atoms with Crippen LogP contribution in [0.25, 0.3) is 0 Å². The molecule has 0 radical (unpaired) electrons. The quantitative estimate of drug-likeness (QED) is 0.677. The van der Waals surface area contributed by atoms with Crippen molar-refractivity contribution in [3.8, 4) is 12.1 Å². The summed E-state index contributed by atoms with van der Waals surface area (Å²) in [5, 5.41) is 17.4. The molecule has 0 spiro atoms. The largest absolute Gasteiger partial charge is 0.379 e. The number of ether oxygens (including phenoxy) is 1. The molecule has 0 aliphatic heterocycles. The predicted octanol–water partition coefficient (Wildman–Crippen LogP) is 2.88. The van der Waals surface area contributed by atoms with Gasteiger partial charge in [0.1, 0.15) is 5.92 Å². The molecule has 1 unspecified atom stereocenters. The molecule has 0 saturated heterocycles. The second-order valence-corrected chi connectivity index (χ2v) is 4.57. The van der Waals surface area contributed by atoms with Gasteiger partial charge in [0, 0.05) is 7.11 Å². The lowest BCUT2D eigenvalue weighted by Crippen LogP contribution is -2.22. The van der Waals surface area contributed by atoms with Crippen molar-refractivity contribution >= 4 is 0 Å². The molecule has 0 aromatic heterocycles. The zero-order chi connectivity index (χ0) is 11.9. The van der Waals surface area contributed by atoms with Gasteiger partial charge in [-0.2, -0.15) is 10.5 Å². The summed E-state index contributed by atoms with van der Waals surface area (Å²) in [7, 11) is 1.71. The second kappa shape index (κ2) is 6.43. The summed E-state index contributed by atoms with van der Waals surface area (Å²) < 4.78 is 5.30. The first-order valence-electron chi connectivity index (χ1n) is 5.31. The Morgan fingerprint density at radius 2 is 2.07 bits per heavy atom. The monoisotopic (exact) mass is 210 g/mol. The van der Waals surface area contributed by atoms with Crippen molar-refractivity contribution in [3.63, 3.8) is 0 Å². The minimum absolute atomic E-state index is 0.103. The molecular weight excluding hydrogens is 190 g/mol. The summed E-state index contributed by atoms with van der Waals surface area (Å²) in [4.78, 5) is 0. The van der Waals surface area contributed by atoms with Crippen LogP contribution in [0, 0.1) is 34.5 Å². The Balaban J connectivity index is 3.89. The predicted molar refractivity (Wildman–Crippen MR) is 58.8 cm³/mol. The molecule has 0 N–H and O–H groups in total. The third kappa shape index (κ3) is 5.40. The van der Waals surface area contributed by atoms with E-state index in [1.54, 1.807) is 7.11 Å². The Kier molecular flexibility index (Phi) is 5.97. The van der Waals surface area contributed by atoms with Gasteiger partial charge in [0.05, 0.1) is 17.7 Å². The molecular formula is C12H20N2O. The fourth-order valence-electron chi connectivity index (χ4n) is 1.40. The van der Waals surface area contributed by atoms with Gasteiger partial charge in [-0.1, -0.05) is 13.3 Å². The van der Waals surface area contributed by atoms with Gasteiger partial charge in [-0.15, -0.1) is 0 Å². The maximum absolute atomic E-state index is 8.70. The maximum Gasteiger partial charge on any atom is 0.135 e. The highest BCUT2D eigenvalue weighted by molar-refractivity contribution is 5.01. The molecule has 2 atom stereocenters. The fourth-order valence-corrected chi connectivity index (χ4v) is 1.40. The van der Waals surface area contributed by atoms with E-state index in [-0.39, 0.29) is 11.5 Å². The minimum Gasteiger partial charge on any atom is -0.379 e. The van der Waals surface area contributed by atoms with Crippen LogP contribution in [0.15, 0.2) is 0 Å². The van der Waals surface area contributed by atoms with Gasteiger partial charge in [-0.25, -0.2) is 0 Å². The SMILES string of the molecule is COC(C)(C)CCCC(C)[C@H](C#N)[14C]#N. The van der Waals surface area contributed by atoms with Crippen LogP contribution >= 0.6 is 0 Å². The zero-order valence-corrected chi connectivity index (χ0v) is 10.1. The van der Waals surface area contributed by atoms with Gasteiger partial charge in [0.2, 0.25) is 0 Å². The highest BCUT2D eigenvalue weighted by Gasteiger charge is 2.19. The van der Waals surface area contributed by atoms with E-state index in [2.05, 4.69) is 0 Å². The second-order valence-electron chi connectivity index (χ2n) is 4.57. The standard InChI is InChI=1S/C12H20N2O/c1-10(11(8-13)9-14)6-5-7-12(2,3)15-4/h10-11H,5-7H2,1-4H3/i8+2/t10?,11-/m0/s1. The minimum atomic E-state index is -0.476. The topological polar surface area (TPSA) is 56.8 Å². The summed E-state index contributed by atoms with van der Waals surface area (Å²) >= 11 is 0. The molecule has 0 aromatic rings. The van der Waals surface area contributed by atoms with Crippen molar-refractivity contribution in [3.05, 3.63) is 0 Å². The molecule has 0 saturated carbocycles. The fraction of sp³-hybridized carbons (Fsp3) is 0.833. The van der Waals surface area contributed by atoms with Crippen LogP contribution in [0.4, 0.5) is 0 Å². The third-order valence-corrected chi connectivity index (χ3v) is 2.84. The molecule has 84 valence electrons. The average molecular weight is 210 g/mol. The summed E-state index contributed by atoms with van der Waals surface area (Å²) in [6.07, 6.45) is 2.85. The normalized spacial score (nSPS) is 15.1. The highest BCUT2D eigenvalue weighted by Crippen LogP contribution is 2.22. The van der Waals surface area contributed by atoms with Gasteiger partial charge in [0.15, 0.2) is 0 Å². The van der Waals surface area contributed by atoms with Crippen LogP contribution in [0.2, 0.25) is 0 Å². The molecule has 0 fully saturated rings.